The maximum Gasteiger partial charge on any atom is 0.303 e. The van der Waals surface area contributed by atoms with E-state index >= 15 is 0 Å². The Balaban J connectivity index is 2.91. The van der Waals surface area contributed by atoms with E-state index in [0.29, 0.717) is 0 Å². The fourth-order valence-electron chi connectivity index (χ4n) is 4.30. The second-order valence-electron chi connectivity index (χ2n) is 12.2. The third kappa shape index (κ3) is 14.7. The van der Waals surface area contributed by atoms with Crippen molar-refractivity contribution in [1.29, 1.82) is 0 Å². The Kier molecular flexibility index (Phi) is 17.0. The minimum Gasteiger partial charge on any atom is -0.481 e. The number of carbonyl (C=O) groups is 8. The molecule has 9 N–H and O–H groups in total. The van der Waals surface area contributed by atoms with Gasteiger partial charge in [-0.25, -0.2) is 0 Å². The zero-order chi connectivity index (χ0) is 38.3. The summed E-state index contributed by atoms with van der Waals surface area (Å²) in [6, 6.07) is -0.891. The number of carboxylic acid groups (broad SMARTS) is 1. The van der Waals surface area contributed by atoms with Gasteiger partial charge in [0.2, 0.25) is 41.4 Å². The lowest BCUT2D eigenvalue weighted by molar-refractivity contribution is -0.384. The molecular formula is C31H46N8O11. The van der Waals surface area contributed by atoms with Crippen molar-refractivity contribution in [2.45, 2.75) is 97.4 Å². The maximum atomic E-state index is 13.4. The Labute approximate surface area is 288 Å². The molecule has 0 aromatic heterocycles. The minimum absolute atomic E-state index is 0.170. The molecule has 0 aliphatic heterocycles. The number of benzene rings is 1. The monoisotopic (exact) mass is 706 g/mol. The van der Waals surface area contributed by atoms with Crippen molar-refractivity contribution in [2.75, 3.05) is 5.32 Å². The first-order chi connectivity index (χ1) is 23.2. The first kappa shape index (κ1) is 42.4. The highest BCUT2D eigenvalue weighted by molar-refractivity contribution is 5.99. The third-order valence-electron chi connectivity index (χ3n) is 7.24. The van der Waals surface area contributed by atoms with Gasteiger partial charge in [0, 0.05) is 30.7 Å². The molecule has 7 amide bonds. The standard InChI is InChI=1S/C31H46N8O11/c1-15(2)25(30(47)34-17(5)27(44)33-18(6)28(45)35-19-7-9-20(10-8-19)39(49)50)38-31(48)26(16(3)4)37-29(46)21(11-12-22(32)40)36-23(41)13-14-24(42)43/h7-10,15-18,21,25-26H,11-14H2,1-6H3,(H2,32,40)(H,33,44)(H,34,47)(H,35,45)(H,36,41)(H,37,46)(H,38,48)(H,42,43)/t17-,18-,21+,25-,26-/m0/s1. The Morgan fingerprint density at radius 3 is 1.64 bits per heavy atom. The number of nitro groups is 1. The van der Waals surface area contributed by atoms with E-state index in [1.54, 1.807) is 27.7 Å². The zero-order valence-electron chi connectivity index (χ0n) is 28.7. The molecule has 0 aliphatic carbocycles. The normalized spacial score (nSPS) is 13.8. The summed E-state index contributed by atoms with van der Waals surface area (Å²) in [5.74, 6) is -7.47. The first-order valence-electron chi connectivity index (χ1n) is 15.8. The Hall–Kier alpha value is -5.62. The highest BCUT2D eigenvalue weighted by Gasteiger charge is 2.33. The molecule has 1 rings (SSSR count). The van der Waals surface area contributed by atoms with Crippen molar-refractivity contribution >= 4 is 58.7 Å². The van der Waals surface area contributed by atoms with Gasteiger partial charge in [-0.1, -0.05) is 27.7 Å². The molecule has 19 heteroatoms. The van der Waals surface area contributed by atoms with Gasteiger partial charge in [-0.3, -0.25) is 48.5 Å². The number of hydrogen-bond acceptors (Lipinski definition) is 10. The van der Waals surface area contributed by atoms with E-state index in [0.717, 1.165) is 0 Å². The van der Waals surface area contributed by atoms with Gasteiger partial charge in [0.05, 0.1) is 11.3 Å². The number of carbonyl (C=O) groups excluding carboxylic acids is 7. The van der Waals surface area contributed by atoms with Gasteiger partial charge < -0.3 is 42.7 Å². The van der Waals surface area contributed by atoms with Gasteiger partial charge in [0.25, 0.3) is 5.69 Å². The molecule has 50 heavy (non-hydrogen) atoms. The van der Waals surface area contributed by atoms with Gasteiger partial charge in [-0.15, -0.1) is 0 Å². The van der Waals surface area contributed by atoms with Crippen LogP contribution in [0.15, 0.2) is 24.3 Å². The van der Waals surface area contributed by atoms with Gasteiger partial charge >= 0.3 is 5.97 Å². The van der Waals surface area contributed by atoms with E-state index in [4.69, 9.17) is 10.8 Å². The number of primary amides is 1. The van der Waals surface area contributed by atoms with Crippen LogP contribution in [0.5, 0.6) is 0 Å². The smallest absolute Gasteiger partial charge is 0.303 e. The molecule has 0 saturated heterocycles. The molecule has 1 aromatic rings. The van der Waals surface area contributed by atoms with E-state index in [9.17, 15) is 48.5 Å². The van der Waals surface area contributed by atoms with Crippen molar-refractivity contribution < 1.29 is 48.4 Å². The number of nitrogens with one attached hydrogen (secondary N) is 6. The summed E-state index contributed by atoms with van der Waals surface area (Å²) in [5, 5.41) is 34.6. The van der Waals surface area contributed by atoms with Crippen LogP contribution in [0.3, 0.4) is 0 Å². The average molecular weight is 707 g/mol. The topological polar surface area (TPSA) is 298 Å². The number of non-ortho nitro benzene ring substituents is 1. The van der Waals surface area contributed by atoms with Gasteiger partial charge in [-0.2, -0.15) is 0 Å². The molecule has 0 aliphatic rings. The predicted octanol–water partition coefficient (Wildman–Crippen LogP) is -0.561. The van der Waals surface area contributed by atoms with E-state index in [1.165, 1.54) is 38.1 Å². The molecular weight excluding hydrogens is 660 g/mol. The van der Waals surface area contributed by atoms with E-state index in [-0.39, 0.29) is 24.2 Å². The van der Waals surface area contributed by atoms with Crippen molar-refractivity contribution in [3.8, 4) is 0 Å². The highest BCUT2D eigenvalue weighted by Crippen LogP contribution is 2.15. The van der Waals surface area contributed by atoms with Crippen LogP contribution < -0.4 is 37.6 Å². The molecule has 0 bridgehead atoms. The van der Waals surface area contributed by atoms with E-state index < -0.39 is 107 Å². The van der Waals surface area contributed by atoms with Crippen LogP contribution in [0.4, 0.5) is 11.4 Å². The van der Waals surface area contributed by atoms with Gasteiger partial charge in [-0.05, 0) is 44.2 Å². The molecule has 0 heterocycles. The molecule has 1 aromatic carbocycles. The maximum absolute atomic E-state index is 13.4. The second-order valence-corrected chi connectivity index (χ2v) is 12.2. The summed E-state index contributed by atoms with van der Waals surface area (Å²) in [6.45, 7) is 9.26. The van der Waals surface area contributed by atoms with Crippen LogP contribution in [0.25, 0.3) is 0 Å². The minimum atomic E-state index is -1.32. The lowest BCUT2D eigenvalue weighted by atomic mass is 9.98. The van der Waals surface area contributed by atoms with Crippen LogP contribution in [-0.4, -0.2) is 87.6 Å². The number of carboxylic acids is 1. The lowest BCUT2D eigenvalue weighted by Crippen LogP contribution is -2.60. The molecule has 0 fully saturated rings. The lowest BCUT2D eigenvalue weighted by Gasteiger charge is -2.29. The zero-order valence-corrected chi connectivity index (χ0v) is 28.7. The quantitative estimate of drug-likeness (QED) is 0.0628. The summed E-state index contributed by atoms with van der Waals surface area (Å²) in [6.07, 6.45) is -1.44. The Morgan fingerprint density at radius 2 is 1.16 bits per heavy atom. The number of nitrogens with zero attached hydrogens (tertiary/aromatic N) is 1. The molecule has 0 radical (unpaired) electrons. The van der Waals surface area contributed by atoms with Crippen molar-refractivity contribution in [3.05, 3.63) is 34.4 Å². The van der Waals surface area contributed by atoms with Crippen LogP contribution in [0.2, 0.25) is 0 Å². The SMILES string of the molecule is CC(C)[C@H](NC(=O)[C@@H](NC(=O)[C@@H](CCC(N)=O)NC(=O)CCC(=O)O)C(C)C)C(=O)N[C@@H](C)C(=O)N[C@@H](C)C(=O)Nc1ccc([N+](=O)[O-])cc1. The van der Waals surface area contributed by atoms with Crippen molar-refractivity contribution in [1.82, 2.24) is 26.6 Å². The number of amides is 7. The highest BCUT2D eigenvalue weighted by atomic mass is 16.6. The molecule has 276 valence electrons. The van der Waals surface area contributed by atoms with Crippen LogP contribution in [0, 0.1) is 22.0 Å². The Morgan fingerprint density at radius 1 is 0.680 bits per heavy atom. The van der Waals surface area contributed by atoms with Crippen molar-refractivity contribution in [3.63, 3.8) is 0 Å². The number of hydrogen-bond donors (Lipinski definition) is 8. The third-order valence-corrected chi connectivity index (χ3v) is 7.24. The average Bonchev–Trinajstić information content (AvgIpc) is 3.02. The number of aliphatic carboxylic acids is 1. The number of nitrogens with two attached hydrogens (primary N) is 1. The van der Waals surface area contributed by atoms with Crippen LogP contribution in [-0.2, 0) is 38.4 Å². The molecule has 0 saturated carbocycles. The summed E-state index contributed by atoms with van der Waals surface area (Å²) < 4.78 is 0. The first-order valence-corrected chi connectivity index (χ1v) is 15.8. The van der Waals surface area contributed by atoms with Crippen LogP contribution >= 0.6 is 0 Å². The predicted molar refractivity (Wildman–Crippen MR) is 178 cm³/mol. The molecule has 0 unspecified atom stereocenters. The summed E-state index contributed by atoms with van der Waals surface area (Å²) in [7, 11) is 0. The Bertz CT molecular complexity index is 1430. The van der Waals surface area contributed by atoms with Gasteiger partial charge in [0.1, 0.15) is 30.2 Å². The second kappa shape index (κ2) is 20.0. The number of nitro benzene ring substituents is 1. The molecule has 0 spiro atoms. The summed E-state index contributed by atoms with van der Waals surface area (Å²) >= 11 is 0. The molecule has 19 nitrogen and oxygen atoms in total. The van der Waals surface area contributed by atoms with E-state index in [1.807, 2.05) is 0 Å². The fraction of sp³-hybridized carbons (Fsp3) is 0.548. The number of rotatable bonds is 20. The largest absolute Gasteiger partial charge is 0.481 e. The summed E-state index contributed by atoms with van der Waals surface area (Å²) in [4.78, 5) is 110. The summed E-state index contributed by atoms with van der Waals surface area (Å²) in [5.41, 5.74) is 5.28. The van der Waals surface area contributed by atoms with E-state index in [2.05, 4.69) is 31.9 Å². The van der Waals surface area contributed by atoms with Gasteiger partial charge in [0.15, 0.2) is 0 Å². The van der Waals surface area contributed by atoms with Crippen LogP contribution in [0.1, 0.15) is 67.2 Å². The van der Waals surface area contributed by atoms with Crippen molar-refractivity contribution in [2.24, 2.45) is 17.6 Å². The number of anilines is 1. The molecule has 5 atom stereocenters. The fourth-order valence-corrected chi connectivity index (χ4v) is 4.30.